The van der Waals surface area contributed by atoms with E-state index in [2.05, 4.69) is 23.8 Å². The number of pyridine rings is 1. The normalized spacial score (nSPS) is 16.1. The summed E-state index contributed by atoms with van der Waals surface area (Å²) in [6.07, 6.45) is 2.88. The minimum absolute atomic E-state index is 0.0139. The van der Waals surface area contributed by atoms with E-state index in [1.54, 1.807) is 12.3 Å². The third-order valence-electron chi connectivity index (χ3n) is 4.17. The van der Waals surface area contributed by atoms with Crippen LogP contribution in [0.2, 0.25) is 0 Å². The van der Waals surface area contributed by atoms with Crippen molar-refractivity contribution in [3.63, 3.8) is 0 Å². The summed E-state index contributed by atoms with van der Waals surface area (Å²) in [7, 11) is 0. The van der Waals surface area contributed by atoms with Crippen molar-refractivity contribution >= 4 is 28.7 Å². The van der Waals surface area contributed by atoms with Gasteiger partial charge in [0, 0.05) is 23.0 Å². The molecule has 0 spiro atoms. The number of fused-ring (bicyclic) bond motifs is 1. The van der Waals surface area contributed by atoms with Gasteiger partial charge in [0.25, 0.3) is 0 Å². The number of Topliss-reactive ketones (excluding diaryl/α,β-unsaturated/α-hetero) is 2. The van der Waals surface area contributed by atoms with Crippen molar-refractivity contribution < 1.29 is 14.7 Å². The van der Waals surface area contributed by atoms with E-state index < -0.39 is 0 Å². The van der Waals surface area contributed by atoms with Crippen molar-refractivity contribution in [1.82, 2.24) is 9.97 Å². The van der Waals surface area contributed by atoms with E-state index >= 15 is 0 Å². The molecule has 1 aliphatic carbocycles. The Labute approximate surface area is 150 Å². The van der Waals surface area contributed by atoms with E-state index in [1.807, 2.05) is 6.07 Å². The highest BCUT2D eigenvalue weighted by Crippen LogP contribution is 2.33. The Morgan fingerprint density at radius 1 is 1.32 bits per heavy atom. The summed E-state index contributed by atoms with van der Waals surface area (Å²) >= 11 is 1.25. The highest BCUT2D eigenvalue weighted by molar-refractivity contribution is 7.14. The van der Waals surface area contributed by atoms with Gasteiger partial charge >= 0.3 is 0 Å². The minimum atomic E-state index is -0.195. The minimum Gasteiger partial charge on any atom is -0.507 e. The van der Waals surface area contributed by atoms with Gasteiger partial charge in [-0.15, -0.1) is 11.3 Å². The number of aliphatic hydroxyl groups excluding tert-OH is 1. The van der Waals surface area contributed by atoms with Crippen LogP contribution in [0.25, 0.3) is 5.76 Å². The topological polar surface area (TPSA) is 80.2 Å². The molecule has 0 fully saturated rings. The number of rotatable bonds is 4. The van der Waals surface area contributed by atoms with Gasteiger partial charge in [0.2, 0.25) is 5.78 Å². The van der Waals surface area contributed by atoms with Crippen molar-refractivity contribution in [2.75, 3.05) is 0 Å². The van der Waals surface area contributed by atoms with Crippen molar-refractivity contribution in [2.24, 2.45) is 0 Å². The smallest absolute Gasteiger partial charge is 0.204 e. The zero-order valence-electron chi connectivity index (χ0n) is 14.5. The molecule has 0 atom stereocenters. The molecule has 0 radical (unpaired) electrons. The Morgan fingerprint density at radius 2 is 2.08 bits per heavy atom. The average molecular weight is 356 g/mol. The van der Waals surface area contributed by atoms with Gasteiger partial charge in [-0.1, -0.05) is 13.8 Å². The monoisotopic (exact) mass is 356 g/mol. The van der Waals surface area contributed by atoms with Gasteiger partial charge in [-0.25, -0.2) is 4.98 Å². The summed E-state index contributed by atoms with van der Waals surface area (Å²) in [6, 6.07) is 3.66. The average Bonchev–Trinajstić information content (AvgIpc) is 2.97. The van der Waals surface area contributed by atoms with Crippen LogP contribution in [0.15, 0.2) is 23.9 Å². The molecule has 0 saturated heterocycles. The fraction of sp³-hybridized carbons (Fsp3) is 0.368. The summed E-state index contributed by atoms with van der Waals surface area (Å²) < 4.78 is 0. The van der Waals surface area contributed by atoms with Gasteiger partial charge in [-0.2, -0.15) is 0 Å². The van der Waals surface area contributed by atoms with Crippen LogP contribution in [-0.4, -0.2) is 26.6 Å². The van der Waals surface area contributed by atoms with Crippen molar-refractivity contribution in [3.05, 3.63) is 50.7 Å². The zero-order chi connectivity index (χ0) is 18.1. The van der Waals surface area contributed by atoms with Crippen LogP contribution in [0.3, 0.4) is 0 Å². The Bertz CT molecular complexity index is 863. The van der Waals surface area contributed by atoms with Gasteiger partial charge in [0.1, 0.15) is 16.6 Å². The number of thiazole rings is 1. The molecule has 5 nitrogen and oxygen atoms in total. The van der Waals surface area contributed by atoms with Crippen LogP contribution >= 0.6 is 11.3 Å². The summed E-state index contributed by atoms with van der Waals surface area (Å²) in [5.41, 5.74) is 2.61. The lowest BCUT2D eigenvalue weighted by Gasteiger charge is -2.15. The second kappa shape index (κ2) is 6.88. The summed E-state index contributed by atoms with van der Waals surface area (Å²) in [5, 5.41) is 11.2. The first-order valence-electron chi connectivity index (χ1n) is 8.28. The van der Waals surface area contributed by atoms with E-state index in [1.165, 1.54) is 18.3 Å². The van der Waals surface area contributed by atoms with E-state index in [0.29, 0.717) is 39.8 Å². The molecular weight excluding hydrogens is 336 g/mol. The number of aliphatic hydroxyl groups is 1. The van der Waals surface area contributed by atoms with Gasteiger partial charge in [0.05, 0.1) is 17.0 Å². The molecule has 130 valence electrons. The number of ketones is 2. The SMILES string of the molecule is CC(=O)Cc1nc2c(s1)C(=O)C(=C(O)c1ccc(C(C)C)nc1)CC2. The maximum atomic E-state index is 12.8. The number of carbonyl (C=O) groups is 2. The molecule has 3 rings (SSSR count). The van der Waals surface area contributed by atoms with Crippen LogP contribution < -0.4 is 0 Å². The Hall–Kier alpha value is -2.34. The predicted molar refractivity (Wildman–Crippen MR) is 97.0 cm³/mol. The van der Waals surface area contributed by atoms with Crippen LogP contribution in [0.5, 0.6) is 0 Å². The highest BCUT2D eigenvalue weighted by Gasteiger charge is 2.29. The molecule has 2 heterocycles. The first-order valence-corrected chi connectivity index (χ1v) is 9.09. The Morgan fingerprint density at radius 3 is 2.68 bits per heavy atom. The van der Waals surface area contributed by atoms with Crippen molar-refractivity contribution in [3.8, 4) is 0 Å². The van der Waals surface area contributed by atoms with Crippen LogP contribution in [0, 0.1) is 0 Å². The second-order valence-corrected chi connectivity index (χ2v) is 7.63. The first-order chi connectivity index (χ1) is 11.9. The number of nitrogens with zero attached hydrogens (tertiary/aromatic N) is 2. The number of hydrogen-bond acceptors (Lipinski definition) is 6. The zero-order valence-corrected chi connectivity index (χ0v) is 15.3. The van der Waals surface area contributed by atoms with Crippen LogP contribution in [0.4, 0.5) is 0 Å². The molecule has 6 heteroatoms. The fourth-order valence-electron chi connectivity index (χ4n) is 2.82. The van der Waals surface area contributed by atoms with Crippen LogP contribution in [0.1, 0.15) is 64.7 Å². The predicted octanol–water partition coefficient (Wildman–Crippen LogP) is 3.89. The molecule has 2 aromatic rings. The van der Waals surface area contributed by atoms with Gasteiger partial charge < -0.3 is 5.11 Å². The Balaban J connectivity index is 1.92. The van der Waals surface area contributed by atoms with Gasteiger partial charge in [-0.3, -0.25) is 14.6 Å². The van der Waals surface area contributed by atoms with Gasteiger partial charge in [0.15, 0.2) is 0 Å². The number of hydrogen-bond donors (Lipinski definition) is 1. The van der Waals surface area contributed by atoms with Gasteiger partial charge in [-0.05, 0) is 37.8 Å². The van der Waals surface area contributed by atoms with Crippen molar-refractivity contribution in [1.29, 1.82) is 0 Å². The number of allylic oxidation sites excluding steroid dienone is 1. The lowest BCUT2D eigenvalue weighted by Crippen LogP contribution is -2.14. The lowest BCUT2D eigenvalue weighted by molar-refractivity contribution is -0.116. The molecule has 0 amide bonds. The van der Waals surface area contributed by atoms with E-state index in [0.717, 1.165) is 11.4 Å². The highest BCUT2D eigenvalue weighted by atomic mass is 32.1. The van der Waals surface area contributed by atoms with Crippen LogP contribution in [-0.2, 0) is 17.6 Å². The molecule has 0 aliphatic heterocycles. The summed E-state index contributed by atoms with van der Waals surface area (Å²) in [5.74, 6) is 0.118. The maximum absolute atomic E-state index is 12.8. The largest absolute Gasteiger partial charge is 0.507 e. The molecule has 2 aromatic heterocycles. The molecular formula is C19H20N2O3S. The van der Waals surface area contributed by atoms with E-state index in [9.17, 15) is 14.7 Å². The molecule has 0 unspecified atom stereocenters. The molecule has 0 aromatic carbocycles. The third-order valence-corrected chi connectivity index (χ3v) is 5.27. The molecule has 1 aliphatic rings. The molecule has 0 saturated carbocycles. The number of aromatic nitrogens is 2. The third kappa shape index (κ3) is 3.54. The molecule has 1 N–H and O–H groups in total. The van der Waals surface area contributed by atoms with E-state index in [4.69, 9.17) is 0 Å². The first kappa shape index (κ1) is 17.5. The lowest BCUT2D eigenvalue weighted by atomic mass is 9.93. The second-order valence-electron chi connectivity index (χ2n) is 6.54. The maximum Gasteiger partial charge on any atom is 0.204 e. The van der Waals surface area contributed by atoms with Crippen molar-refractivity contribution in [2.45, 2.75) is 46.0 Å². The quantitative estimate of drug-likeness (QED) is 0.664. The number of carbonyl (C=O) groups excluding carboxylic acids is 2. The summed E-state index contributed by atoms with van der Waals surface area (Å²) in [6.45, 7) is 5.61. The van der Waals surface area contributed by atoms with E-state index in [-0.39, 0.29) is 23.7 Å². The molecule has 0 bridgehead atoms. The summed E-state index contributed by atoms with van der Waals surface area (Å²) in [4.78, 5) is 33.3. The fourth-order valence-corrected chi connectivity index (χ4v) is 3.97. The number of aryl methyl sites for hydroxylation is 1. The molecule has 25 heavy (non-hydrogen) atoms. The Kier molecular flexibility index (Phi) is 4.81. The standard InChI is InChI=1S/C19H20N2O3S/c1-10(2)14-6-4-12(9-20-14)17(23)13-5-7-15-19(18(13)24)25-16(21-15)8-11(3)22/h4,6,9-10,23H,5,7-8H2,1-3H3.